The van der Waals surface area contributed by atoms with Crippen LogP contribution in [0.15, 0.2) is 12.2 Å². The van der Waals surface area contributed by atoms with Gasteiger partial charge in [-0.15, -0.1) is 0 Å². The normalized spacial score (nSPS) is 17.6. The Morgan fingerprint density at radius 2 is 2.10 bits per heavy atom. The van der Waals surface area contributed by atoms with Crippen LogP contribution in [0.4, 0.5) is 0 Å². The first kappa shape index (κ1) is 9.70. The van der Waals surface area contributed by atoms with Crippen LogP contribution >= 0.6 is 0 Å². The minimum atomic E-state index is 0.334. The number of nitrogens with two attached hydrogens (primary N) is 1. The monoisotopic (exact) mass is 141 g/mol. The Labute approximate surface area is 64.3 Å². The first-order valence-corrected chi connectivity index (χ1v) is 4.09. The van der Waals surface area contributed by atoms with Crippen LogP contribution in [0.1, 0.15) is 33.6 Å². The molecule has 60 valence electrons. The molecule has 10 heavy (non-hydrogen) atoms. The number of hydrogen-bond donors (Lipinski definition) is 1. The fourth-order valence-electron chi connectivity index (χ4n) is 1.06. The fraction of sp³-hybridized carbons (Fsp3) is 0.778. The second-order valence-electron chi connectivity index (χ2n) is 2.83. The highest BCUT2D eigenvalue weighted by Gasteiger charge is 2.07. The van der Waals surface area contributed by atoms with Crippen molar-refractivity contribution in [1.82, 2.24) is 0 Å². The highest BCUT2D eigenvalue weighted by Crippen LogP contribution is 2.11. The molecule has 0 spiro atoms. The Morgan fingerprint density at radius 3 is 2.40 bits per heavy atom. The van der Waals surface area contributed by atoms with Crippen molar-refractivity contribution in [3.8, 4) is 0 Å². The predicted octanol–water partition coefficient (Wildman–Crippen LogP) is 2.33. The van der Waals surface area contributed by atoms with E-state index in [1.165, 1.54) is 6.42 Å². The minimum Gasteiger partial charge on any atom is -0.328 e. The molecule has 0 heterocycles. The molecule has 0 saturated carbocycles. The number of hydrogen-bond acceptors (Lipinski definition) is 1. The molecule has 0 aromatic heterocycles. The van der Waals surface area contributed by atoms with Gasteiger partial charge in [0.25, 0.3) is 0 Å². The molecule has 0 radical (unpaired) electrons. The average Bonchev–Trinajstić information content (AvgIpc) is 1.89. The van der Waals surface area contributed by atoms with E-state index in [2.05, 4.69) is 26.0 Å². The molecule has 2 atom stereocenters. The van der Waals surface area contributed by atoms with Crippen molar-refractivity contribution in [1.29, 1.82) is 0 Å². The Morgan fingerprint density at radius 1 is 1.50 bits per heavy atom. The van der Waals surface area contributed by atoms with Gasteiger partial charge >= 0.3 is 0 Å². The third-order valence-corrected chi connectivity index (χ3v) is 1.94. The molecule has 0 rings (SSSR count). The molecule has 1 heteroatoms. The Bertz CT molecular complexity index is 94.9. The van der Waals surface area contributed by atoms with E-state index in [4.69, 9.17) is 5.73 Å². The van der Waals surface area contributed by atoms with E-state index < -0.39 is 0 Å². The van der Waals surface area contributed by atoms with Crippen LogP contribution < -0.4 is 5.73 Å². The quantitative estimate of drug-likeness (QED) is 0.597. The molecule has 0 aliphatic rings. The zero-order valence-corrected chi connectivity index (χ0v) is 7.30. The zero-order chi connectivity index (χ0) is 7.98. The zero-order valence-electron chi connectivity index (χ0n) is 7.30. The molecule has 0 aliphatic heterocycles. The Kier molecular flexibility index (Phi) is 5.32. The van der Waals surface area contributed by atoms with Gasteiger partial charge in [-0.05, 0) is 26.2 Å². The smallest absolute Gasteiger partial charge is 0.00416 e. The van der Waals surface area contributed by atoms with E-state index in [-0.39, 0.29) is 0 Å². The molecule has 0 aromatic carbocycles. The van der Waals surface area contributed by atoms with Gasteiger partial charge < -0.3 is 5.73 Å². The lowest BCUT2D eigenvalue weighted by molar-refractivity contribution is 0.435. The molecule has 0 aliphatic carbocycles. The summed E-state index contributed by atoms with van der Waals surface area (Å²) in [5.41, 5.74) is 5.75. The second-order valence-corrected chi connectivity index (χ2v) is 2.83. The van der Waals surface area contributed by atoms with Gasteiger partial charge in [0, 0.05) is 6.04 Å². The van der Waals surface area contributed by atoms with Gasteiger partial charge in [0.15, 0.2) is 0 Å². The second kappa shape index (κ2) is 5.48. The summed E-state index contributed by atoms with van der Waals surface area (Å²) in [6.07, 6.45) is 6.59. The maximum absolute atomic E-state index is 5.75. The fourth-order valence-corrected chi connectivity index (χ4v) is 1.06. The summed E-state index contributed by atoms with van der Waals surface area (Å²) in [6, 6.07) is 0.334. The molecular formula is C9H19N. The van der Waals surface area contributed by atoms with Crippen molar-refractivity contribution >= 4 is 0 Å². The lowest BCUT2D eigenvalue weighted by atomic mass is 9.95. The van der Waals surface area contributed by atoms with Gasteiger partial charge in [-0.1, -0.05) is 25.5 Å². The SMILES string of the molecule is C/C=C\C[C@H](CC)C(C)N. The van der Waals surface area contributed by atoms with Gasteiger partial charge in [0.05, 0.1) is 0 Å². The van der Waals surface area contributed by atoms with Crippen LogP contribution in [0.25, 0.3) is 0 Å². The standard InChI is InChI=1S/C9H19N/c1-4-6-7-9(5-2)8(3)10/h4,6,8-9H,5,7,10H2,1-3H3/b6-4-/t8?,9-/m0/s1. The van der Waals surface area contributed by atoms with Crippen molar-refractivity contribution in [3.63, 3.8) is 0 Å². The van der Waals surface area contributed by atoms with E-state index in [9.17, 15) is 0 Å². The van der Waals surface area contributed by atoms with Crippen molar-refractivity contribution in [3.05, 3.63) is 12.2 Å². The topological polar surface area (TPSA) is 26.0 Å². The van der Waals surface area contributed by atoms with E-state index in [0.29, 0.717) is 12.0 Å². The summed E-state index contributed by atoms with van der Waals surface area (Å²) < 4.78 is 0. The van der Waals surface area contributed by atoms with Crippen molar-refractivity contribution in [2.24, 2.45) is 11.7 Å². The highest BCUT2D eigenvalue weighted by molar-refractivity contribution is 4.82. The van der Waals surface area contributed by atoms with E-state index in [1.54, 1.807) is 0 Å². The predicted molar refractivity (Wildman–Crippen MR) is 46.9 cm³/mol. The summed E-state index contributed by atoms with van der Waals surface area (Å²) in [7, 11) is 0. The van der Waals surface area contributed by atoms with E-state index >= 15 is 0 Å². The van der Waals surface area contributed by atoms with Crippen LogP contribution in [0, 0.1) is 5.92 Å². The van der Waals surface area contributed by atoms with E-state index in [0.717, 1.165) is 6.42 Å². The van der Waals surface area contributed by atoms with Gasteiger partial charge in [-0.2, -0.15) is 0 Å². The van der Waals surface area contributed by atoms with Crippen LogP contribution in [0.5, 0.6) is 0 Å². The molecule has 0 fully saturated rings. The Hall–Kier alpha value is -0.300. The Balaban J connectivity index is 3.60. The van der Waals surface area contributed by atoms with Crippen molar-refractivity contribution in [2.45, 2.75) is 39.7 Å². The first-order valence-electron chi connectivity index (χ1n) is 4.09. The van der Waals surface area contributed by atoms with Crippen LogP contribution in [-0.2, 0) is 0 Å². The molecule has 1 nitrogen and oxygen atoms in total. The summed E-state index contributed by atoms with van der Waals surface area (Å²) in [6.45, 7) is 6.32. The van der Waals surface area contributed by atoms with Crippen LogP contribution in [-0.4, -0.2) is 6.04 Å². The van der Waals surface area contributed by atoms with Gasteiger partial charge in [-0.3, -0.25) is 0 Å². The van der Waals surface area contributed by atoms with Crippen molar-refractivity contribution < 1.29 is 0 Å². The van der Waals surface area contributed by atoms with Crippen LogP contribution in [0.3, 0.4) is 0 Å². The van der Waals surface area contributed by atoms with Crippen molar-refractivity contribution in [2.75, 3.05) is 0 Å². The first-order chi connectivity index (χ1) is 4.72. The van der Waals surface area contributed by atoms with Gasteiger partial charge in [0.1, 0.15) is 0 Å². The van der Waals surface area contributed by atoms with Crippen LogP contribution in [0.2, 0.25) is 0 Å². The number of rotatable bonds is 4. The minimum absolute atomic E-state index is 0.334. The largest absolute Gasteiger partial charge is 0.328 e. The summed E-state index contributed by atoms with van der Waals surface area (Å²) in [4.78, 5) is 0. The molecule has 0 aromatic rings. The summed E-state index contributed by atoms with van der Waals surface area (Å²) in [5.74, 6) is 0.663. The van der Waals surface area contributed by atoms with Gasteiger partial charge in [-0.25, -0.2) is 0 Å². The van der Waals surface area contributed by atoms with Gasteiger partial charge in [0.2, 0.25) is 0 Å². The molecule has 0 saturated heterocycles. The molecular weight excluding hydrogens is 122 g/mol. The summed E-state index contributed by atoms with van der Waals surface area (Å²) in [5, 5.41) is 0. The molecule has 2 N–H and O–H groups in total. The molecule has 0 amide bonds. The molecule has 0 bridgehead atoms. The lowest BCUT2D eigenvalue weighted by Gasteiger charge is -2.16. The molecule has 1 unspecified atom stereocenters. The third-order valence-electron chi connectivity index (χ3n) is 1.94. The maximum atomic E-state index is 5.75. The average molecular weight is 141 g/mol. The highest BCUT2D eigenvalue weighted by atomic mass is 14.6. The number of allylic oxidation sites excluding steroid dienone is 2. The van der Waals surface area contributed by atoms with E-state index in [1.807, 2.05) is 6.92 Å². The third kappa shape index (κ3) is 3.67. The summed E-state index contributed by atoms with van der Waals surface area (Å²) >= 11 is 0. The maximum Gasteiger partial charge on any atom is 0.00416 e. The lowest BCUT2D eigenvalue weighted by Crippen LogP contribution is -2.25.